The van der Waals surface area contributed by atoms with Crippen molar-refractivity contribution in [1.82, 2.24) is 39.0 Å². The van der Waals surface area contributed by atoms with E-state index in [1.54, 1.807) is 41.1 Å². The monoisotopic (exact) mass is 594 g/mol. The quantitative estimate of drug-likeness (QED) is 0.192. The number of aromatic nitrogens is 8. The van der Waals surface area contributed by atoms with E-state index in [0.717, 1.165) is 11.1 Å². The van der Waals surface area contributed by atoms with E-state index >= 15 is 0 Å². The summed E-state index contributed by atoms with van der Waals surface area (Å²) in [6.45, 7) is 8.39. The number of hydrogen-bond acceptors (Lipinski definition) is 10. The van der Waals surface area contributed by atoms with Gasteiger partial charge in [0.05, 0.1) is 28.4 Å². The number of methoxy groups -OCH3 is 4. The van der Waals surface area contributed by atoms with Crippen LogP contribution in [0.4, 0.5) is 0 Å². The molecule has 0 radical (unpaired) electrons. The maximum atomic E-state index is 5.56. The standard InChI is InChI=1S/C32H34N8O4/c1-17(2)39-29-27(25(33-15-35-29)19-9-11-21(41-5)23(13-19)43-7)37-31(39)32-38-28-26(34-16-36-30(28)40(32)18(3)4)20-10-12-22(42-6)24(14-20)44-8/h9-18H,1-8H3. The van der Waals surface area contributed by atoms with Gasteiger partial charge in [-0.25, -0.2) is 29.9 Å². The minimum Gasteiger partial charge on any atom is -0.493 e. The van der Waals surface area contributed by atoms with E-state index in [1.807, 2.05) is 36.4 Å². The molecule has 226 valence electrons. The Labute approximate surface area is 254 Å². The third-order valence-electron chi connectivity index (χ3n) is 7.50. The summed E-state index contributed by atoms with van der Waals surface area (Å²) >= 11 is 0. The van der Waals surface area contributed by atoms with Crippen LogP contribution in [0.15, 0.2) is 49.1 Å². The van der Waals surface area contributed by atoms with Gasteiger partial charge in [0.1, 0.15) is 35.1 Å². The number of ether oxygens (including phenoxy) is 4. The second-order valence-electron chi connectivity index (χ2n) is 10.7. The molecule has 44 heavy (non-hydrogen) atoms. The number of fused-ring (bicyclic) bond motifs is 2. The van der Waals surface area contributed by atoms with Crippen LogP contribution in [0.1, 0.15) is 39.8 Å². The van der Waals surface area contributed by atoms with E-state index in [0.29, 0.717) is 68.4 Å². The van der Waals surface area contributed by atoms with Gasteiger partial charge in [-0.2, -0.15) is 0 Å². The lowest BCUT2D eigenvalue weighted by molar-refractivity contribution is 0.355. The summed E-state index contributed by atoms with van der Waals surface area (Å²) in [6, 6.07) is 11.4. The summed E-state index contributed by atoms with van der Waals surface area (Å²) in [5.41, 5.74) is 5.70. The van der Waals surface area contributed by atoms with Crippen LogP contribution in [-0.4, -0.2) is 67.5 Å². The predicted molar refractivity (Wildman–Crippen MR) is 167 cm³/mol. The Kier molecular flexibility index (Phi) is 7.50. The molecule has 0 aliphatic heterocycles. The second-order valence-corrected chi connectivity index (χ2v) is 10.7. The summed E-state index contributed by atoms with van der Waals surface area (Å²) in [5, 5.41) is 0. The van der Waals surface area contributed by atoms with Crippen molar-refractivity contribution in [3.63, 3.8) is 0 Å². The molecule has 6 aromatic rings. The molecule has 12 heteroatoms. The van der Waals surface area contributed by atoms with Gasteiger partial charge in [0, 0.05) is 23.2 Å². The summed E-state index contributed by atoms with van der Waals surface area (Å²) in [6.07, 6.45) is 3.12. The molecular formula is C32H34N8O4. The molecule has 0 bridgehead atoms. The van der Waals surface area contributed by atoms with Crippen molar-refractivity contribution < 1.29 is 18.9 Å². The molecule has 12 nitrogen and oxygen atoms in total. The Morgan fingerprint density at radius 1 is 0.523 bits per heavy atom. The van der Waals surface area contributed by atoms with Gasteiger partial charge < -0.3 is 28.1 Å². The Bertz CT molecular complexity index is 1850. The molecular weight excluding hydrogens is 560 g/mol. The van der Waals surface area contributed by atoms with E-state index in [4.69, 9.17) is 28.9 Å². The summed E-state index contributed by atoms with van der Waals surface area (Å²) in [7, 11) is 6.44. The molecule has 2 aromatic carbocycles. The van der Waals surface area contributed by atoms with Gasteiger partial charge in [0.15, 0.2) is 45.9 Å². The fraction of sp³-hybridized carbons (Fsp3) is 0.312. The average molecular weight is 595 g/mol. The predicted octanol–water partition coefficient (Wildman–Crippen LogP) is 6.16. The van der Waals surface area contributed by atoms with Crippen LogP contribution in [-0.2, 0) is 0 Å². The molecule has 0 fully saturated rings. The third-order valence-corrected chi connectivity index (χ3v) is 7.50. The smallest absolute Gasteiger partial charge is 0.179 e. The molecule has 0 N–H and O–H groups in total. The second kappa shape index (κ2) is 11.4. The zero-order valence-electron chi connectivity index (χ0n) is 26.0. The van der Waals surface area contributed by atoms with E-state index in [2.05, 4.69) is 56.8 Å². The van der Waals surface area contributed by atoms with Crippen molar-refractivity contribution in [2.75, 3.05) is 28.4 Å². The summed E-state index contributed by atoms with van der Waals surface area (Å²) in [4.78, 5) is 29.0. The van der Waals surface area contributed by atoms with Crippen LogP contribution in [0.25, 0.3) is 56.5 Å². The summed E-state index contributed by atoms with van der Waals surface area (Å²) in [5.74, 6) is 3.77. The fourth-order valence-corrected chi connectivity index (χ4v) is 5.50. The minimum atomic E-state index is 0.0139. The first kappa shape index (κ1) is 28.8. The minimum absolute atomic E-state index is 0.0139. The number of hydrogen-bond donors (Lipinski definition) is 0. The number of rotatable bonds is 9. The lowest BCUT2D eigenvalue weighted by atomic mass is 10.1. The van der Waals surface area contributed by atoms with Crippen molar-refractivity contribution in [1.29, 1.82) is 0 Å². The lowest BCUT2D eigenvalue weighted by Gasteiger charge is -2.15. The molecule has 0 saturated heterocycles. The summed E-state index contributed by atoms with van der Waals surface area (Å²) < 4.78 is 26.2. The van der Waals surface area contributed by atoms with E-state index < -0.39 is 0 Å². The number of nitrogens with zero attached hydrogens (tertiary/aromatic N) is 8. The van der Waals surface area contributed by atoms with Crippen molar-refractivity contribution in [3.05, 3.63) is 49.1 Å². The van der Waals surface area contributed by atoms with Crippen LogP contribution in [0.3, 0.4) is 0 Å². The highest BCUT2D eigenvalue weighted by Gasteiger charge is 2.27. The molecule has 0 spiro atoms. The van der Waals surface area contributed by atoms with Gasteiger partial charge in [-0.3, -0.25) is 0 Å². The average Bonchev–Trinajstić information content (AvgIpc) is 3.63. The maximum Gasteiger partial charge on any atom is 0.179 e. The largest absolute Gasteiger partial charge is 0.493 e. The van der Waals surface area contributed by atoms with Crippen molar-refractivity contribution in [2.24, 2.45) is 0 Å². The molecule has 4 heterocycles. The van der Waals surface area contributed by atoms with Gasteiger partial charge in [0.2, 0.25) is 0 Å². The Hall–Kier alpha value is -5.26. The van der Waals surface area contributed by atoms with Crippen molar-refractivity contribution in [3.8, 4) is 57.2 Å². The van der Waals surface area contributed by atoms with Crippen LogP contribution in [0, 0.1) is 0 Å². The zero-order chi connectivity index (χ0) is 31.1. The Morgan fingerprint density at radius 2 is 0.909 bits per heavy atom. The highest BCUT2D eigenvalue weighted by atomic mass is 16.5. The molecule has 4 aromatic heterocycles. The highest BCUT2D eigenvalue weighted by Crippen LogP contribution is 2.39. The van der Waals surface area contributed by atoms with Crippen LogP contribution >= 0.6 is 0 Å². The third kappa shape index (κ3) is 4.62. The van der Waals surface area contributed by atoms with Gasteiger partial charge in [-0.1, -0.05) is 0 Å². The first-order chi connectivity index (χ1) is 21.3. The first-order valence-corrected chi connectivity index (χ1v) is 14.2. The molecule has 0 aliphatic rings. The van der Waals surface area contributed by atoms with Gasteiger partial charge in [-0.05, 0) is 64.1 Å². The first-order valence-electron chi connectivity index (χ1n) is 14.2. The zero-order valence-corrected chi connectivity index (χ0v) is 26.0. The van der Waals surface area contributed by atoms with Gasteiger partial charge >= 0.3 is 0 Å². The number of imidazole rings is 2. The van der Waals surface area contributed by atoms with Gasteiger partial charge in [0.25, 0.3) is 0 Å². The fourth-order valence-electron chi connectivity index (χ4n) is 5.50. The molecule has 0 amide bonds. The maximum absolute atomic E-state index is 5.56. The van der Waals surface area contributed by atoms with E-state index in [-0.39, 0.29) is 12.1 Å². The van der Waals surface area contributed by atoms with Crippen LogP contribution < -0.4 is 18.9 Å². The van der Waals surface area contributed by atoms with E-state index in [1.165, 1.54) is 0 Å². The van der Waals surface area contributed by atoms with Crippen molar-refractivity contribution >= 4 is 22.3 Å². The normalized spacial score (nSPS) is 11.6. The SMILES string of the molecule is COc1ccc(-c2ncnc3c2nc(-c2nc4c(-c5ccc(OC)c(OC)c5)ncnc4n2C(C)C)n3C(C)C)cc1OC. The Morgan fingerprint density at radius 3 is 1.25 bits per heavy atom. The molecule has 0 saturated carbocycles. The van der Waals surface area contributed by atoms with E-state index in [9.17, 15) is 0 Å². The molecule has 0 unspecified atom stereocenters. The topological polar surface area (TPSA) is 124 Å². The number of benzene rings is 2. The Balaban J connectivity index is 1.61. The molecule has 0 atom stereocenters. The van der Waals surface area contributed by atoms with Gasteiger partial charge in [-0.15, -0.1) is 0 Å². The van der Waals surface area contributed by atoms with Crippen molar-refractivity contribution in [2.45, 2.75) is 39.8 Å². The molecule has 6 rings (SSSR count). The van der Waals surface area contributed by atoms with Crippen LogP contribution in [0.2, 0.25) is 0 Å². The molecule has 0 aliphatic carbocycles. The lowest BCUT2D eigenvalue weighted by Crippen LogP contribution is -2.10. The highest BCUT2D eigenvalue weighted by molar-refractivity contribution is 5.93. The van der Waals surface area contributed by atoms with Crippen LogP contribution in [0.5, 0.6) is 23.0 Å².